The van der Waals surface area contributed by atoms with Crippen molar-refractivity contribution in [1.29, 1.82) is 0 Å². The van der Waals surface area contributed by atoms with E-state index in [-0.39, 0.29) is 5.41 Å². The maximum absolute atomic E-state index is 12.2. The number of hydrogen-bond acceptors (Lipinski definition) is 6. The normalized spacial score (nSPS) is 13.5. The number of carbonyl (C=O) groups is 1. The first kappa shape index (κ1) is 29.4. The highest BCUT2D eigenvalue weighted by Gasteiger charge is 2.25. The summed E-state index contributed by atoms with van der Waals surface area (Å²) in [5, 5.41) is 5.02. The Balaban J connectivity index is 2.53. The minimum atomic E-state index is -0.940. The summed E-state index contributed by atoms with van der Waals surface area (Å²) in [6.45, 7) is 14.9. The van der Waals surface area contributed by atoms with Crippen LogP contribution in [0.2, 0.25) is 5.02 Å². The number of aromatic nitrogens is 2. The number of nitrogens with zero attached hydrogens (tertiary/aromatic N) is 3. The lowest BCUT2D eigenvalue weighted by molar-refractivity contribution is -0.0673. The summed E-state index contributed by atoms with van der Waals surface area (Å²) in [6.07, 6.45) is 2.82. The molecule has 1 heterocycles. The molecular weight excluding hydrogens is 478 g/mol. The maximum Gasteiger partial charge on any atom is 0.511 e. The predicted molar refractivity (Wildman–Crippen MR) is 147 cm³/mol. The lowest BCUT2D eigenvalue weighted by Crippen LogP contribution is -2.20. The van der Waals surface area contributed by atoms with E-state index in [0.29, 0.717) is 40.9 Å². The highest BCUT2D eigenvalue weighted by molar-refractivity contribution is 6.33. The fourth-order valence-electron chi connectivity index (χ4n) is 3.66. The highest BCUT2D eigenvalue weighted by Crippen LogP contribution is 2.35. The van der Waals surface area contributed by atoms with Crippen LogP contribution in [0.5, 0.6) is 0 Å². The van der Waals surface area contributed by atoms with E-state index in [2.05, 4.69) is 49.9 Å². The van der Waals surface area contributed by atoms with Crippen molar-refractivity contribution in [2.24, 2.45) is 4.99 Å². The van der Waals surface area contributed by atoms with E-state index in [0.717, 1.165) is 24.8 Å². The van der Waals surface area contributed by atoms with E-state index in [1.807, 2.05) is 26.0 Å². The summed E-state index contributed by atoms with van der Waals surface area (Å²) in [7, 11) is 1.69. The van der Waals surface area contributed by atoms with Crippen LogP contribution < -0.4 is 0 Å². The quantitative estimate of drug-likeness (QED) is 0.102. The Kier molecular flexibility index (Phi) is 11.0. The average molecular weight is 518 g/mol. The van der Waals surface area contributed by atoms with Crippen LogP contribution >= 0.6 is 11.6 Å². The lowest BCUT2D eigenvalue weighted by Gasteiger charge is -2.22. The van der Waals surface area contributed by atoms with Gasteiger partial charge in [0.15, 0.2) is 5.76 Å². The lowest BCUT2D eigenvalue weighted by atomic mass is 9.86. The molecule has 0 amide bonds. The second kappa shape index (κ2) is 13.5. The fourth-order valence-corrected chi connectivity index (χ4v) is 3.88. The summed E-state index contributed by atoms with van der Waals surface area (Å²) in [5.41, 5.74) is 4.07. The predicted octanol–water partition coefficient (Wildman–Crippen LogP) is 7.44. The number of aliphatic imine (C=N–C) groups is 1. The Morgan fingerprint density at radius 1 is 1.17 bits per heavy atom. The number of carbonyl (C=O) groups excluding carboxylic acids is 1. The van der Waals surface area contributed by atoms with E-state index in [4.69, 9.17) is 25.8 Å². The van der Waals surface area contributed by atoms with Crippen LogP contribution in [0.25, 0.3) is 11.3 Å². The molecule has 0 N–H and O–H groups in total. The fraction of sp³-hybridized carbons (Fsp3) is 0.536. The molecule has 1 aromatic heterocycles. The first-order chi connectivity index (χ1) is 17.0. The van der Waals surface area contributed by atoms with Crippen molar-refractivity contribution in [2.75, 3.05) is 13.7 Å². The average Bonchev–Trinajstić information content (AvgIpc) is 3.11. The summed E-state index contributed by atoms with van der Waals surface area (Å²) < 4.78 is 18.6. The number of rotatable bonds is 11. The molecule has 0 fully saturated rings. The van der Waals surface area contributed by atoms with Crippen LogP contribution in [0.1, 0.15) is 83.3 Å². The maximum atomic E-state index is 12.2. The van der Waals surface area contributed by atoms with E-state index in [1.54, 1.807) is 24.9 Å². The van der Waals surface area contributed by atoms with Crippen LogP contribution in [0, 0.1) is 6.92 Å². The molecule has 8 heteroatoms. The number of aryl methyl sites for hydroxylation is 2. The highest BCUT2D eigenvalue weighted by atomic mass is 35.5. The third-order valence-corrected chi connectivity index (χ3v) is 6.10. The van der Waals surface area contributed by atoms with Gasteiger partial charge in [-0.1, -0.05) is 76.4 Å². The van der Waals surface area contributed by atoms with Gasteiger partial charge in [-0.25, -0.2) is 4.79 Å². The molecule has 0 bridgehead atoms. The second-order valence-corrected chi connectivity index (χ2v) is 10.0. The van der Waals surface area contributed by atoms with Crippen LogP contribution in [0.4, 0.5) is 4.79 Å². The van der Waals surface area contributed by atoms with E-state index in [9.17, 15) is 4.79 Å². The molecule has 198 valence electrons. The van der Waals surface area contributed by atoms with E-state index < -0.39 is 12.4 Å². The van der Waals surface area contributed by atoms with Crippen molar-refractivity contribution in [3.8, 4) is 0 Å². The van der Waals surface area contributed by atoms with Crippen molar-refractivity contribution >= 4 is 35.3 Å². The van der Waals surface area contributed by atoms with Crippen LogP contribution in [-0.2, 0) is 26.2 Å². The zero-order valence-electron chi connectivity index (χ0n) is 22.9. The smallest absolute Gasteiger partial charge is 0.452 e. The Hall–Kier alpha value is -2.80. The number of unbranched alkanes of at least 4 members (excludes halogenated alkanes) is 2. The monoisotopic (exact) mass is 517 g/mol. The van der Waals surface area contributed by atoms with Crippen molar-refractivity contribution in [1.82, 2.24) is 9.78 Å². The van der Waals surface area contributed by atoms with Crippen LogP contribution in [0.15, 0.2) is 29.3 Å². The summed E-state index contributed by atoms with van der Waals surface area (Å²) in [6, 6.07) is 8.24. The molecule has 7 nitrogen and oxygen atoms in total. The molecule has 0 saturated carbocycles. The molecule has 2 rings (SSSR count). The van der Waals surface area contributed by atoms with Crippen molar-refractivity contribution < 1.29 is 19.0 Å². The molecule has 0 radical (unpaired) electrons. The Labute approximate surface area is 220 Å². The molecular formula is C28H40ClN3O4. The number of halogens is 1. The van der Waals surface area contributed by atoms with Crippen molar-refractivity contribution in [2.45, 2.75) is 86.0 Å². The topological polar surface area (TPSA) is 74.9 Å². The largest absolute Gasteiger partial charge is 0.511 e. The van der Waals surface area contributed by atoms with Gasteiger partial charge in [-0.15, -0.1) is 0 Å². The zero-order valence-corrected chi connectivity index (χ0v) is 23.6. The molecule has 1 aromatic carbocycles. The van der Waals surface area contributed by atoms with Crippen LogP contribution in [0.3, 0.4) is 0 Å². The van der Waals surface area contributed by atoms with Gasteiger partial charge < -0.3 is 14.2 Å². The number of hydrogen-bond donors (Lipinski definition) is 0. The van der Waals surface area contributed by atoms with Gasteiger partial charge >= 0.3 is 6.16 Å². The minimum Gasteiger partial charge on any atom is -0.452 e. The number of benzene rings is 1. The Morgan fingerprint density at radius 2 is 1.83 bits per heavy atom. The standard InChI is InChI=1S/C28H40ClN3O4/c1-9-11-12-17-34-27(33)36-20(4)35-26(25-24(29)19(3)31-32(25)10-2)23(18-30-8)21-13-15-22(16-14-21)28(5,6)7/h13-16,18,20H,9-12,17H2,1-8H3/b26-23-,30-18-. The number of allylic oxidation sites excluding steroid dienone is 1. The van der Waals surface area contributed by atoms with Gasteiger partial charge in [0.05, 0.1) is 17.3 Å². The van der Waals surface area contributed by atoms with Gasteiger partial charge in [0.1, 0.15) is 5.69 Å². The zero-order chi connectivity index (χ0) is 26.9. The Bertz CT molecular complexity index is 1070. The van der Waals surface area contributed by atoms with Gasteiger partial charge in [-0.2, -0.15) is 5.10 Å². The first-order valence-electron chi connectivity index (χ1n) is 12.5. The SMILES string of the molecule is CCCCCOC(=O)OC(C)O/C(=C(/C=N\C)c1ccc(C(C)(C)C)cc1)c1c(Cl)c(C)nn1CC. The van der Waals surface area contributed by atoms with E-state index in [1.165, 1.54) is 5.56 Å². The van der Waals surface area contributed by atoms with Gasteiger partial charge in [0, 0.05) is 32.3 Å². The van der Waals surface area contributed by atoms with E-state index >= 15 is 0 Å². The van der Waals surface area contributed by atoms with Gasteiger partial charge in [-0.05, 0) is 36.8 Å². The minimum absolute atomic E-state index is 0.0156. The summed E-state index contributed by atoms with van der Waals surface area (Å²) in [5.74, 6) is 0.419. The molecule has 0 aliphatic carbocycles. The molecule has 0 aliphatic heterocycles. The van der Waals surface area contributed by atoms with Gasteiger partial charge in [-0.3, -0.25) is 9.67 Å². The van der Waals surface area contributed by atoms with Crippen molar-refractivity contribution in [3.63, 3.8) is 0 Å². The second-order valence-electron chi connectivity index (χ2n) is 9.63. The molecule has 2 aromatic rings. The molecule has 0 saturated heterocycles. The molecule has 0 spiro atoms. The van der Waals surface area contributed by atoms with Gasteiger partial charge in [0.25, 0.3) is 0 Å². The molecule has 1 unspecified atom stereocenters. The summed E-state index contributed by atoms with van der Waals surface area (Å²) in [4.78, 5) is 16.5. The van der Waals surface area contributed by atoms with Crippen molar-refractivity contribution in [3.05, 3.63) is 51.8 Å². The molecule has 1 atom stereocenters. The molecule has 0 aliphatic rings. The third kappa shape index (κ3) is 7.85. The third-order valence-electron chi connectivity index (χ3n) is 5.65. The Morgan fingerprint density at radius 3 is 2.39 bits per heavy atom. The first-order valence-corrected chi connectivity index (χ1v) is 12.9. The van der Waals surface area contributed by atoms with Gasteiger partial charge in [0.2, 0.25) is 6.29 Å². The number of ether oxygens (including phenoxy) is 3. The van der Waals surface area contributed by atoms with Crippen LogP contribution in [-0.4, -0.2) is 42.1 Å². The summed E-state index contributed by atoms with van der Waals surface area (Å²) >= 11 is 6.72. The molecule has 36 heavy (non-hydrogen) atoms.